The number of thioether (sulfide) groups is 1. The Morgan fingerprint density at radius 3 is 2.06 bits per heavy atom. The van der Waals surface area contributed by atoms with E-state index in [1.54, 1.807) is 0 Å². The molecule has 0 spiro atoms. The summed E-state index contributed by atoms with van der Waals surface area (Å²) in [5, 5.41) is 29.8. The number of aliphatic hydroxyl groups excluding tert-OH is 1. The molecule has 33 heavy (non-hydrogen) atoms. The second kappa shape index (κ2) is 21.0. The Bertz CT molecular complexity index is 573. The van der Waals surface area contributed by atoms with Crippen LogP contribution in [0.1, 0.15) is 90.4 Å². The first-order valence-electron chi connectivity index (χ1n) is 12.2. The van der Waals surface area contributed by atoms with Crippen molar-refractivity contribution in [3.05, 3.63) is 12.2 Å². The molecule has 0 saturated heterocycles. The van der Waals surface area contributed by atoms with Gasteiger partial charge in [0.2, 0.25) is 5.91 Å². The fraction of sp³-hybridized carbons (Fsp3) is 0.792. The van der Waals surface area contributed by atoms with Gasteiger partial charge in [-0.25, -0.2) is 0 Å². The third kappa shape index (κ3) is 19.6. The second-order valence-corrected chi connectivity index (χ2v) is 9.63. The van der Waals surface area contributed by atoms with Crippen molar-refractivity contribution in [2.75, 3.05) is 12.3 Å². The first kappa shape index (κ1) is 31.4. The van der Waals surface area contributed by atoms with E-state index >= 15 is 0 Å². The fourth-order valence-corrected chi connectivity index (χ4v) is 4.46. The van der Waals surface area contributed by atoms with Crippen molar-refractivity contribution < 1.29 is 29.7 Å². The van der Waals surface area contributed by atoms with Gasteiger partial charge in [0.1, 0.15) is 6.54 Å². The van der Waals surface area contributed by atoms with E-state index in [1.165, 1.54) is 63.1 Å². The van der Waals surface area contributed by atoms with Gasteiger partial charge < -0.3 is 26.4 Å². The van der Waals surface area contributed by atoms with Crippen molar-refractivity contribution in [2.24, 2.45) is 5.73 Å². The number of aliphatic carboxylic acids is 2. The highest BCUT2D eigenvalue weighted by atomic mass is 32.2. The first-order chi connectivity index (χ1) is 15.8. The Morgan fingerprint density at radius 2 is 1.52 bits per heavy atom. The number of hydrogen-bond donors (Lipinski definition) is 5. The number of nitrogens with two attached hydrogens (primary N) is 1. The van der Waals surface area contributed by atoms with E-state index in [0.29, 0.717) is 0 Å². The molecule has 0 heterocycles. The first-order valence-corrected chi connectivity index (χ1v) is 13.3. The van der Waals surface area contributed by atoms with Gasteiger partial charge in [-0.2, -0.15) is 0 Å². The molecule has 0 rings (SSSR count). The Labute approximate surface area is 202 Å². The maximum atomic E-state index is 11.8. The van der Waals surface area contributed by atoms with Gasteiger partial charge >= 0.3 is 11.9 Å². The fourth-order valence-electron chi connectivity index (χ4n) is 3.29. The quantitative estimate of drug-likeness (QED) is 0.114. The number of carboxylic acid groups (broad SMARTS) is 2. The molecular formula is C24H44N2O6S. The lowest BCUT2D eigenvalue weighted by Crippen LogP contribution is -2.44. The SMILES string of the molecule is CCCCCCCCCCCC/C=C\[C@H](SCC(N)C(=O)NCC(=O)O)[C@H](O)CCC(=O)O. The van der Waals surface area contributed by atoms with Crippen LogP contribution in [-0.4, -0.2) is 62.9 Å². The number of aliphatic hydroxyl groups is 1. The molecule has 0 aliphatic heterocycles. The largest absolute Gasteiger partial charge is 0.481 e. The van der Waals surface area contributed by atoms with Crippen molar-refractivity contribution in [3.8, 4) is 0 Å². The predicted octanol–water partition coefficient (Wildman–Crippen LogP) is 3.71. The van der Waals surface area contributed by atoms with Gasteiger partial charge in [0.15, 0.2) is 0 Å². The van der Waals surface area contributed by atoms with Crippen LogP contribution in [0.2, 0.25) is 0 Å². The highest BCUT2D eigenvalue weighted by Gasteiger charge is 2.21. The van der Waals surface area contributed by atoms with E-state index in [2.05, 4.69) is 12.2 Å². The van der Waals surface area contributed by atoms with Crippen molar-refractivity contribution >= 4 is 29.6 Å². The van der Waals surface area contributed by atoms with Crippen LogP contribution < -0.4 is 11.1 Å². The normalized spacial score (nSPS) is 14.2. The van der Waals surface area contributed by atoms with Crippen LogP contribution in [-0.2, 0) is 14.4 Å². The summed E-state index contributed by atoms with van der Waals surface area (Å²) in [7, 11) is 0. The topological polar surface area (TPSA) is 150 Å². The molecule has 3 atom stereocenters. The lowest BCUT2D eigenvalue weighted by atomic mass is 10.1. The monoisotopic (exact) mass is 488 g/mol. The summed E-state index contributed by atoms with van der Waals surface area (Å²) in [5.41, 5.74) is 5.82. The van der Waals surface area contributed by atoms with Crippen LogP contribution in [0.5, 0.6) is 0 Å². The molecular weight excluding hydrogens is 444 g/mol. The van der Waals surface area contributed by atoms with Crippen LogP contribution in [0.25, 0.3) is 0 Å². The van der Waals surface area contributed by atoms with Crippen LogP contribution in [0.4, 0.5) is 0 Å². The van der Waals surface area contributed by atoms with Gasteiger partial charge in [-0.05, 0) is 19.3 Å². The molecule has 8 nitrogen and oxygen atoms in total. The van der Waals surface area contributed by atoms with E-state index in [0.717, 1.165) is 19.3 Å². The minimum Gasteiger partial charge on any atom is -0.481 e. The zero-order valence-electron chi connectivity index (χ0n) is 20.0. The number of unbranched alkanes of at least 4 members (excludes halogenated alkanes) is 10. The summed E-state index contributed by atoms with van der Waals surface area (Å²) in [6.07, 6.45) is 16.5. The molecule has 0 radical (unpaired) electrons. The Kier molecular flexibility index (Phi) is 20.0. The zero-order valence-corrected chi connectivity index (χ0v) is 20.9. The molecule has 1 amide bonds. The van der Waals surface area contributed by atoms with E-state index in [9.17, 15) is 19.5 Å². The third-order valence-electron chi connectivity index (χ3n) is 5.30. The summed E-state index contributed by atoms with van der Waals surface area (Å²) in [5.74, 6) is -2.52. The molecule has 9 heteroatoms. The number of rotatable bonds is 22. The molecule has 0 aromatic heterocycles. The highest BCUT2D eigenvalue weighted by Crippen LogP contribution is 2.21. The molecule has 0 aromatic rings. The van der Waals surface area contributed by atoms with Gasteiger partial charge in [-0.1, -0.05) is 76.9 Å². The minimum atomic E-state index is -1.15. The third-order valence-corrected chi connectivity index (χ3v) is 6.71. The summed E-state index contributed by atoms with van der Waals surface area (Å²) >= 11 is 1.27. The number of amides is 1. The zero-order chi connectivity index (χ0) is 24.9. The average molecular weight is 489 g/mol. The van der Waals surface area contributed by atoms with Gasteiger partial charge in [-0.15, -0.1) is 11.8 Å². The molecule has 0 saturated carbocycles. The van der Waals surface area contributed by atoms with E-state index in [4.69, 9.17) is 15.9 Å². The van der Waals surface area contributed by atoms with Crippen molar-refractivity contribution in [2.45, 2.75) is 108 Å². The molecule has 0 aliphatic rings. The predicted molar refractivity (Wildman–Crippen MR) is 133 cm³/mol. The lowest BCUT2D eigenvalue weighted by Gasteiger charge is -2.21. The number of hydrogen-bond acceptors (Lipinski definition) is 6. The number of carbonyl (C=O) groups is 3. The van der Waals surface area contributed by atoms with Crippen LogP contribution in [0.15, 0.2) is 12.2 Å². The maximum Gasteiger partial charge on any atom is 0.322 e. The minimum absolute atomic E-state index is 0.107. The maximum absolute atomic E-state index is 11.8. The standard InChI is InChI=1S/C24H44N2O6S/c1-2-3-4-5-6-7-8-9-10-11-12-13-14-21(20(27)15-16-22(28)29)33-18-19(25)24(32)26-17-23(30)31/h13-14,19-21,27H,2-12,15-18,25H2,1H3,(H,26,32)(H,28,29)(H,30,31)/b14-13-/t19?,20-,21+/m1/s1. The van der Waals surface area contributed by atoms with Gasteiger partial charge in [-0.3, -0.25) is 14.4 Å². The number of carbonyl (C=O) groups excluding carboxylic acids is 1. The van der Waals surface area contributed by atoms with Crippen molar-refractivity contribution in [1.29, 1.82) is 0 Å². The Hall–Kier alpha value is -1.58. The Morgan fingerprint density at radius 1 is 0.939 bits per heavy atom. The number of allylic oxidation sites excluding steroid dienone is 1. The molecule has 192 valence electrons. The smallest absolute Gasteiger partial charge is 0.322 e. The summed E-state index contributed by atoms with van der Waals surface area (Å²) in [4.78, 5) is 33.2. The van der Waals surface area contributed by atoms with E-state index in [-0.39, 0.29) is 23.8 Å². The van der Waals surface area contributed by atoms with Crippen LogP contribution >= 0.6 is 11.8 Å². The van der Waals surface area contributed by atoms with Gasteiger partial charge in [0.25, 0.3) is 0 Å². The lowest BCUT2D eigenvalue weighted by molar-refractivity contribution is -0.138. The number of carboxylic acids is 2. The summed E-state index contributed by atoms with van der Waals surface area (Å²) < 4.78 is 0. The van der Waals surface area contributed by atoms with Crippen LogP contribution in [0.3, 0.4) is 0 Å². The molecule has 6 N–H and O–H groups in total. The average Bonchev–Trinajstić information content (AvgIpc) is 2.78. The molecule has 0 fully saturated rings. The molecule has 0 aliphatic carbocycles. The van der Waals surface area contributed by atoms with E-state index < -0.39 is 36.5 Å². The van der Waals surface area contributed by atoms with Crippen LogP contribution in [0, 0.1) is 0 Å². The van der Waals surface area contributed by atoms with Gasteiger partial charge in [0.05, 0.1) is 12.1 Å². The molecule has 1 unspecified atom stereocenters. The van der Waals surface area contributed by atoms with Gasteiger partial charge in [0, 0.05) is 17.4 Å². The molecule has 0 bridgehead atoms. The number of nitrogens with one attached hydrogen (secondary N) is 1. The van der Waals surface area contributed by atoms with Crippen molar-refractivity contribution in [3.63, 3.8) is 0 Å². The summed E-state index contributed by atoms with van der Waals surface area (Å²) in [6, 6.07) is -0.918. The van der Waals surface area contributed by atoms with E-state index in [1.807, 2.05) is 12.2 Å². The van der Waals surface area contributed by atoms with Crippen molar-refractivity contribution in [1.82, 2.24) is 5.32 Å². The summed E-state index contributed by atoms with van der Waals surface area (Å²) in [6.45, 7) is 1.73. The second-order valence-electron chi connectivity index (χ2n) is 8.41. The highest BCUT2D eigenvalue weighted by molar-refractivity contribution is 8.00. The Balaban J connectivity index is 4.32. The molecule has 0 aromatic carbocycles.